The molecular weight excluding hydrogens is 292 g/mol. The van der Waals surface area contributed by atoms with Crippen LogP contribution in [0.2, 0.25) is 0 Å². The Labute approximate surface area is 132 Å². The quantitative estimate of drug-likeness (QED) is 0.738. The van der Waals surface area contributed by atoms with Crippen molar-refractivity contribution in [2.75, 3.05) is 0 Å². The second-order valence-corrected chi connectivity index (χ2v) is 5.92. The number of hydrogen-bond acceptors (Lipinski definition) is 4. The van der Waals surface area contributed by atoms with Gasteiger partial charge in [0.05, 0.1) is 11.3 Å². The highest BCUT2D eigenvalue weighted by atomic mass is 16.5. The van der Waals surface area contributed by atoms with Crippen molar-refractivity contribution in [2.24, 2.45) is 0 Å². The van der Waals surface area contributed by atoms with Crippen LogP contribution >= 0.6 is 0 Å². The molecule has 5 heteroatoms. The predicted octanol–water partition coefficient (Wildman–Crippen LogP) is 3.06. The first kappa shape index (κ1) is 13.9. The molecule has 0 spiro atoms. The van der Waals surface area contributed by atoms with Crippen LogP contribution in [-0.2, 0) is 16.0 Å². The molecule has 5 nitrogen and oxygen atoms in total. The van der Waals surface area contributed by atoms with Gasteiger partial charge in [-0.15, -0.1) is 0 Å². The molecule has 1 fully saturated rings. The number of carbonyl (C=O) groups excluding carboxylic acids is 2. The topological polar surface area (TPSA) is 72.2 Å². The number of rotatable bonds is 2. The minimum Gasteiger partial charge on any atom is -0.356 e. The monoisotopic (exact) mass is 308 g/mol. The number of imide groups is 1. The predicted molar refractivity (Wildman–Crippen MR) is 86.0 cm³/mol. The number of carbonyl (C=O) groups is 2. The van der Waals surface area contributed by atoms with Gasteiger partial charge in [0.25, 0.3) is 0 Å². The number of hydrogen-bond donors (Lipinski definition) is 1. The highest BCUT2D eigenvalue weighted by Gasteiger charge is 2.32. The molecule has 1 aromatic heterocycles. The van der Waals surface area contributed by atoms with Crippen molar-refractivity contribution in [2.45, 2.75) is 32.1 Å². The lowest BCUT2D eigenvalue weighted by Gasteiger charge is -2.19. The van der Waals surface area contributed by atoms with Crippen LogP contribution in [0, 0.1) is 0 Å². The summed E-state index contributed by atoms with van der Waals surface area (Å²) in [6.07, 6.45) is 1.77. The first-order chi connectivity index (χ1) is 11.2. The van der Waals surface area contributed by atoms with Crippen LogP contribution in [0.1, 0.15) is 36.9 Å². The third-order valence-corrected chi connectivity index (χ3v) is 4.52. The molecule has 0 bridgehead atoms. The van der Waals surface area contributed by atoms with Gasteiger partial charge < -0.3 is 4.52 Å². The van der Waals surface area contributed by atoms with E-state index in [0.29, 0.717) is 24.1 Å². The summed E-state index contributed by atoms with van der Waals surface area (Å²) in [7, 11) is 0. The lowest BCUT2D eigenvalue weighted by atomic mass is 9.91. The van der Waals surface area contributed by atoms with E-state index in [1.807, 2.05) is 12.1 Å². The second kappa shape index (κ2) is 5.19. The molecule has 0 saturated carbocycles. The molecule has 3 aromatic rings. The summed E-state index contributed by atoms with van der Waals surface area (Å²) in [6.45, 7) is 2.12. The maximum atomic E-state index is 12.2. The van der Waals surface area contributed by atoms with Gasteiger partial charge in [-0.3, -0.25) is 14.9 Å². The largest absolute Gasteiger partial charge is 0.356 e. The van der Waals surface area contributed by atoms with Crippen molar-refractivity contribution in [1.29, 1.82) is 0 Å². The fourth-order valence-corrected chi connectivity index (χ4v) is 3.26. The van der Waals surface area contributed by atoms with Crippen molar-refractivity contribution in [1.82, 2.24) is 10.5 Å². The van der Waals surface area contributed by atoms with E-state index < -0.39 is 5.92 Å². The average molecular weight is 308 g/mol. The number of aromatic nitrogens is 1. The first-order valence-corrected chi connectivity index (χ1v) is 7.82. The highest BCUT2D eigenvalue weighted by Crippen LogP contribution is 2.35. The zero-order chi connectivity index (χ0) is 16.0. The third-order valence-electron chi connectivity index (χ3n) is 4.52. The van der Waals surface area contributed by atoms with Crippen LogP contribution < -0.4 is 5.32 Å². The SMILES string of the molecule is CCc1ccc2c(ccc3onc(C4CCC(=O)NC4=O)c32)c1. The van der Waals surface area contributed by atoms with Gasteiger partial charge in [-0.05, 0) is 35.2 Å². The molecule has 2 aromatic carbocycles. The van der Waals surface area contributed by atoms with Crippen LogP contribution in [0.15, 0.2) is 34.9 Å². The van der Waals surface area contributed by atoms with Crippen LogP contribution in [0.3, 0.4) is 0 Å². The summed E-state index contributed by atoms with van der Waals surface area (Å²) in [6, 6.07) is 10.2. The Morgan fingerprint density at radius 1 is 1.26 bits per heavy atom. The zero-order valence-electron chi connectivity index (χ0n) is 12.8. The summed E-state index contributed by atoms with van der Waals surface area (Å²) >= 11 is 0. The van der Waals surface area contributed by atoms with Gasteiger partial charge in [-0.25, -0.2) is 0 Å². The average Bonchev–Trinajstić information content (AvgIpc) is 2.98. The molecule has 1 aliphatic heterocycles. The Balaban J connectivity index is 1.92. The van der Waals surface area contributed by atoms with Crippen molar-refractivity contribution in [3.8, 4) is 0 Å². The fraction of sp³-hybridized carbons (Fsp3) is 0.278. The Kier molecular flexibility index (Phi) is 3.15. The molecule has 1 unspecified atom stereocenters. The Morgan fingerprint density at radius 3 is 2.91 bits per heavy atom. The molecule has 1 atom stereocenters. The standard InChI is InChI=1S/C18H16N2O3/c1-2-10-3-5-12-11(9-10)4-7-14-16(12)17(20-23-14)13-6-8-15(21)19-18(13)22/h3-5,7,9,13H,2,6,8H2,1H3,(H,19,21,22). The number of fused-ring (bicyclic) bond motifs is 3. The minimum absolute atomic E-state index is 0.225. The first-order valence-electron chi connectivity index (χ1n) is 7.82. The normalized spacial score (nSPS) is 18.6. The van der Waals surface area contributed by atoms with Gasteiger partial charge in [0.15, 0.2) is 5.58 Å². The third kappa shape index (κ3) is 2.20. The summed E-state index contributed by atoms with van der Waals surface area (Å²) in [4.78, 5) is 23.5. The van der Waals surface area contributed by atoms with Crippen LogP contribution in [0.4, 0.5) is 0 Å². The van der Waals surface area contributed by atoms with E-state index in [1.54, 1.807) is 0 Å². The molecule has 2 amide bonds. The Bertz CT molecular complexity index is 942. The van der Waals surface area contributed by atoms with Gasteiger partial charge in [-0.1, -0.05) is 36.3 Å². The Morgan fingerprint density at radius 2 is 2.13 bits per heavy atom. The summed E-state index contributed by atoms with van der Waals surface area (Å²) in [5.41, 5.74) is 2.55. The van der Waals surface area contributed by atoms with E-state index in [0.717, 1.165) is 22.6 Å². The molecule has 2 heterocycles. The van der Waals surface area contributed by atoms with E-state index in [9.17, 15) is 9.59 Å². The molecular formula is C18H16N2O3. The van der Waals surface area contributed by atoms with E-state index in [1.165, 1.54) is 5.56 Å². The van der Waals surface area contributed by atoms with Crippen molar-refractivity contribution in [3.05, 3.63) is 41.6 Å². The number of piperidine rings is 1. The van der Waals surface area contributed by atoms with Crippen molar-refractivity contribution < 1.29 is 14.1 Å². The van der Waals surface area contributed by atoms with E-state index >= 15 is 0 Å². The van der Waals surface area contributed by atoms with E-state index in [4.69, 9.17) is 4.52 Å². The number of amides is 2. The smallest absolute Gasteiger partial charge is 0.235 e. The van der Waals surface area contributed by atoms with Crippen molar-refractivity contribution >= 4 is 33.6 Å². The van der Waals surface area contributed by atoms with Gasteiger partial charge in [0.1, 0.15) is 5.69 Å². The highest BCUT2D eigenvalue weighted by molar-refractivity contribution is 6.10. The summed E-state index contributed by atoms with van der Waals surface area (Å²) < 4.78 is 5.43. The van der Waals surface area contributed by atoms with Crippen molar-refractivity contribution in [3.63, 3.8) is 0 Å². The molecule has 1 aliphatic rings. The molecule has 4 rings (SSSR count). The fourth-order valence-electron chi connectivity index (χ4n) is 3.26. The molecule has 1 saturated heterocycles. The van der Waals surface area contributed by atoms with Gasteiger partial charge in [0, 0.05) is 6.42 Å². The van der Waals surface area contributed by atoms with E-state index in [2.05, 4.69) is 35.6 Å². The maximum Gasteiger partial charge on any atom is 0.235 e. The van der Waals surface area contributed by atoms with E-state index in [-0.39, 0.29) is 11.8 Å². The van der Waals surface area contributed by atoms with Crippen LogP contribution in [0.25, 0.3) is 21.7 Å². The maximum absolute atomic E-state index is 12.2. The molecule has 0 aliphatic carbocycles. The second-order valence-electron chi connectivity index (χ2n) is 5.92. The minimum atomic E-state index is -0.439. The molecule has 0 radical (unpaired) electrons. The summed E-state index contributed by atoms with van der Waals surface area (Å²) in [5.74, 6) is -0.958. The number of nitrogens with zero attached hydrogens (tertiary/aromatic N) is 1. The zero-order valence-corrected chi connectivity index (χ0v) is 12.8. The Hall–Kier alpha value is -2.69. The summed E-state index contributed by atoms with van der Waals surface area (Å²) in [5, 5.41) is 9.54. The number of nitrogens with one attached hydrogen (secondary N) is 1. The lowest BCUT2D eigenvalue weighted by Crippen LogP contribution is -2.39. The number of aryl methyl sites for hydroxylation is 1. The van der Waals surface area contributed by atoms with Crippen LogP contribution in [0.5, 0.6) is 0 Å². The lowest BCUT2D eigenvalue weighted by molar-refractivity contribution is -0.134. The van der Waals surface area contributed by atoms with Gasteiger partial charge in [0.2, 0.25) is 11.8 Å². The molecule has 116 valence electrons. The molecule has 1 N–H and O–H groups in total. The van der Waals surface area contributed by atoms with Gasteiger partial charge in [-0.2, -0.15) is 0 Å². The molecule has 23 heavy (non-hydrogen) atoms. The number of benzene rings is 2. The van der Waals surface area contributed by atoms with Gasteiger partial charge >= 0.3 is 0 Å². The van der Waals surface area contributed by atoms with Crippen LogP contribution in [-0.4, -0.2) is 17.0 Å².